The Morgan fingerprint density at radius 2 is 1.64 bits per heavy atom. The van der Waals surface area contributed by atoms with E-state index in [2.05, 4.69) is 0 Å². The SMILES string of the molecule is CN1C(=O)C(=Cc2cc([N+](=O)[O-])ccc2[O-])C(=O)N(C)C1=O. The Morgan fingerprint density at radius 1 is 1.09 bits per heavy atom. The van der Waals surface area contributed by atoms with Crippen molar-refractivity contribution in [2.24, 2.45) is 0 Å². The van der Waals surface area contributed by atoms with Gasteiger partial charge in [-0.05, 0) is 11.6 Å². The minimum atomic E-state index is -0.876. The maximum atomic E-state index is 12.0. The van der Waals surface area contributed by atoms with Crippen LogP contribution in [-0.4, -0.2) is 46.7 Å². The molecular formula is C13H10N3O6-. The van der Waals surface area contributed by atoms with Gasteiger partial charge in [0, 0.05) is 26.2 Å². The maximum absolute atomic E-state index is 12.0. The second-order valence-corrected chi connectivity index (χ2v) is 4.55. The lowest BCUT2D eigenvalue weighted by Gasteiger charge is -2.29. The van der Waals surface area contributed by atoms with Crippen LogP contribution in [0.2, 0.25) is 0 Å². The number of hydrogen-bond acceptors (Lipinski definition) is 6. The van der Waals surface area contributed by atoms with Crippen LogP contribution in [0.1, 0.15) is 5.56 Å². The molecule has 1 aliphatic heterocycles. The number of rotatable bonds is 2. The molecule has 0 bridgehead atoms. The first-order valence-electron chi connectivity index (χ1n) is 6.01. The lowest BCUT2D eigenvalue weighted by atomic mass is 10.1. The molecule has 9 nitrogen and oxygen atoms in total. The first-order valence-corrected chi connectivity index (χ1v) is 6.01. The van der Waals surface area contributed by atoms with Crippen molar-refractivity contribution in [3.8, 4) is 5.75 Å². The molecule has 1 saturated heterocycles. The Hall–Kier alpha value is -3.23. The second-order valence-electron chi connectivity index (χ2n) is 4.55. The van der Waals surface area contributed by atoms with E-state index in [9.17, 15) is 29.6 Å². The summed E-state index contributed by atoms with van der Waals surface area (Å²) in [6.07, 6.45) is 0.958. The van der Waals surface area contributed by atoms with Crippen LogP contribution >= 0.6 is 0 Å². The van der Waals surface area contributed by atoms with Gasteiger partial charge in [-0.2, -0.15) is 0 Å². The first-order chi connectivity index (χ1) is 10.2. The zero-order valence-electron chi connectivity index (χ0n) is 11.6. The fourth-order valence-corrected chi connectivity index (χ4v) is 1.89. The van der Waals surface area contributed by atoms with E-state index in [1.54, 1.807) is 0 Å². The molecule has 22 heavy (non-hydrogen) atoms. The predicted octanol–water partition coefficient (Wildman–Crippen LogP) is 0.102. The van der Waals surface area contributed by atoms with Crippen LogP contribution in [0.3, 0.4) is 0 Å². The molecule has 0 radical (unpaired) electrons. The minimum Gasteiger partial charge on any atom is -0.872 e. The number of non-ortho nitro benzene ring substituents is 1. The quantitative estimate of drug-likeness (QED) is 0.330. The van der Waals surface area contributed by atoms with Gasteiger partial charge in [-0.1, -0.05) is 6.07 Å². The van der Waals surface area contributed by atoms with Crippen molar-refractivity contribution in [2.75, 3.05) is 14.1 Å². The molecule has 1 aromatic carbocycles. The van der Waals surface area contributed by atoms with E-state index in [1.807, 2.05) is 0 Å². The molecule has 1 aliphatic rings. The number of nitrogens with zero attached hydrogens (tertiary/aromatic N) is 3. The Kier molecular flexibility index (Phi) is 3.64. The number of carbonyl (C=O) groups is 3. The van der Waals surface area contributed by atoms with Crippen LogP contribution in [-0.2, 0) is 9.59 Å². The summed E-state index contributed by atoms with van der Waals surface area (Å²) >= 11 is 0. The Bertz CT molecular complexity index is 713. The smallest absolute Gasteiger partial charge is 0.333 e. The third-order valence-corrected chi connectivity index (χ3v) is 3.15. The molecule has 114 valence electrons. The minimum absolute atomic E-state index is 0.179. The van der Waals surface area contributed by atoms with Crippen molar-refractivity contribution in [1.82, 2.24) is 9.80 Å². The van der Waals surface area contributed by atoms with Gasteiger partial charge in [-0.15, -0.1) is 5.75 Å². The van der Waals surface area contributed by atoms with Crippen LogP contribution in [0, 0.1) is 10.1 Å². The molecule has 0 aliphatic carbocycles. The lowest BCUT2D eigenvalue weighted by molar-refractivity contribution is -0.385. The molecule has 0 atom stereocenters. The average Bonchev–Trinajstić information content (AvgIpc) is 2.49. The summed E-state index contributed by atoms with van der Waals surface area (Å²) < 4.78 is 0. The number of nitro groups is 1. The molecule has 0 N–H and O–H groups in total. The average molecular weight is 304 g/mol. The van der Waals surface area contributed by atoms with Gasteiger partial charge in [-0.3, -0.25) is 29.5 Å². The van der Waals surface area contributed by atoms with Gasteiger partial charge in [0.2, 0.25) is 0 Å². The standard InChI is InChI=1S/C13H11N3O6/c1-14-11(18)9(12(19)15(2)13(14)20)6-7-5-8(16(21)22)3-4-10(7)17/h3-6,17H,1-2H3/p-1. The summed E-state index contributed by atoms with van der Waals surface area (Å²) in [4.78, 5) is 47.0. The van der Waals surface area contributed by atoms with Crippen molar-refractivity contribution < 1.29 is 24.4 Å². The van der Waals surface area contributed by atoms with Gasteiger partial charge >= 0.3 is 6.03 Å². The number of barbiturate groups is 1. The zero-order valence-corrected chi connectivity index (χ0v) is 11.6. The van der Waals surface area contributed by atoms with E-state index in [0.717, 1.165) is 34.1 Å². The molecular weight excluding hydrogens is 294 g/mol. The Labute approximate surface area is 124 Å². The van der Waals surface area contributed by atoms with Gasteiger partial charge < -0.3 is 5.11 Å². The normalized spacial score (nSPS) is 15.4. The number of benzene rings is 1. The van der Waals surface area contributed by atoms with Crippen molar-refractivity contribution in [3.63, 3.8) is 0 Å². The fourth-order valence-electron chi connectivity index (χ4n) is 1.89. The summed E-state index contributed by atoms with van der Waals surface area (Å²) in [6, 6.07) is 2.16. The molecule has 4 amide bonds. The largest absolute Gasteiger partial charge is 0.872 e. The van der Waals surface area contributed by atoms with Gasteiger partial charge in [0.25, 0.3) is 17.5 Å². The number of hydrogen-bond donors (Lipinski definition) is 0. The highest BCUT2D eigenvalue weighted by Crippen LogP contribution is 2.25. The number of likely N-dealkylation sites (N-methyl/N-ethyl adjacent to an activating group) is 2. The number of carbonyl (C=O) groups excluding carboxylic acids is 3. The third kappa shape index (κ3) is 2.39. The molecule has 0 unspecified atom stereocenters. The molecule has 1 fully saturated rings. The van der Waals surface area contributed by atoms with E-state index in [0.29, 0.717) is 0 Å². The topological polar surface area (TPSA) is 124 Å². The fraction of sp³-hybridized carbons (Fsp3) is 0.154. The lowest BCUT2D eigenvalue weighted by Crippen LogP contribution is -2.52. The Morgan fingerprint density at radius 3 is 2.14 bits per heavy atom. The highest BCUT2D eigenvalue weighted by molar-refractivity contribution is 6.30. The van der Waals surface area contributed by atoms with Crippen molar-refractivity contribution in [3.05, 3.63) is 39.4 Å². The molecule has 9 heteroatoms. The number of urea groups is 1. The summed E-state index contributed by atoms with van der Waals surface area (Å²) in [6.45, 7) is 0. The molecule has 0 saturated carbocycles. The van der Waals surface area contributed by atoms with Gasteiger partial charge in [0.05, 0.1) is 4.92 Å². The number of nitro benzene ring substituents is 1. The zero-order chi connectivity index (χ0) is 16.6. The van der Waals surface area contributed by atoms with Gasteiger partial charge in [-0.25, -0.2) is 4.79 Å². The van der Waals surface area contributed by atoms with Crippen LogP contribution in [0.15, 0.2) is 23.8 Å². The maximum Gasteiger partial charge on any atom is 0.333 e. The van der Waals surface area contributed by atoms with E-state index >= 15 is 0 Å². The molecule has 2 rings (SSSR count). The van der Waals surface area contributed by atoms with E-state index in [4.69, 9.17) is 0 Å². The van der Waals surface area contributed by atoms with Crippen molar-refractivity contribution >= 4 is 29.6 Å². The van der Waals surface area contributed by atoms with Crippen LogP contribution < -0.4 is 5.11 Å². The summed E-state index contributed by atoms with van der Waals surface area (Å²) in [7, 11) is 2.37. The Balaban J connectivity index is 2.54. The monoisotopic (exact) mass is 304 g/mol. The predicted molar refractivity (Wildman–Crippen MR) is 71.5 cm³/mol. The van der Waals surface area contributed by atoms with E-state index < -0.39 is 34.1 Å². The molecule has 0 spiro atoms. The summed E-state index contributed by atoms with van der Waals surface area (Å²) in [5.74, 6) is -2.33. The highest BCUT2D eigenvalue weighted by atomic mass is 16.6. The van der Waals surface area contributed by atoms with Crippen molar-refractivity contribution in [1.29, 1.82) is 0 Å². The van der Waals surface area contributed by atoms with Crippen LogP contribution in [0.4, 0.5) is 10.5 Å². The number of amides is 4. The van der Waals surface area contributed by atoms with Crippen molar-refractivity contribution in [2.45, 2.75) is 0 Å². The van der Waals surface area contributed by atoms with Crippen LogP contribution in [0.5, 0.6) is 5.75 Å². The molecule has 0 aromatic heterocycles. The first kappa shape index (κ1) is 15.2. The molecule has 1 heterocycles. The number of imide groups is 2. The summed E-state index contributed by atoms with van der Waals surface area (Å²) in [5, 5.41) is 22.4. The third-order valence-electron chi connectivity index (χ3n) is 3.15. The van der Waals surface area contributed by atoms with Crippen LogP contribution in [0.25, 0.3) is 6.08 Å². The van der Waals surface area contributed by atoms with E-state index in [-0.39, 0.29) is 11.3 Å². The highest BCUT2D eigenvalue weighted by Gasteiger charge is 2.37. The molecule has 1 aromatic rings. The summed E-state index contributed by atoms with van der Waals surface area (Å²) in [5.41, 5.74) is -0.941. The van der Waals surface area contributed by atoms with Gasteiger partial charge in [0.15, 0.2) is 0 Å². The van der Waals surface area contributed by atoms with Gasteiger partial charge in [0.1, 0.15) is 5.57 Å². The van der Waals surface area contributed by atoms with E-state index in [1.165, 1.54) is 14.1 Å². The second kappa shape index (κ2) is 5.28.